The van der Waals surface area contributed by atoms with Crippen molar-refractivity contribution in [2.75, 3.05) is 16.8 Å². The zero-order valence-electron chi connectivity index (χ0n) is 16.5. The molecule has 0 unspecified atom stereocenters. The number of halogens is 3. The van der Waals surface area contributed by atoms with E-state index in [0.29, 0.717) is 28.2 Å². The number of aromatic nitrogens is 3. The van der Waals surface area contributed by atoms with Gasteiger partial charge in [-0.15, -0.1) is 0 Å². The molecule has 1 N–H and O–H groups in total. The van der Waals surface area contributed by atoms with Crippen molar-refractivity contribution < 1.29 is 14.0 Å². The van der Waals surface area contributed by atoms with Crippen LogP contribution < -0.4 is 10.2 Å². The monoisotopic (exact) mass is 459 g/mol. The zero-order chi connectivity index (χ0) is 22.3. The minimum atomic E-state index is -0.660. The Morgan fingerprint density at radius 3 is 2.81 bits per heavy atom. The second-order valence-corrected chi connectivity index (χ2v) is 7.86. The van der Waals surface area contributed by atoms with Crippen LogP contribution in [0.4, 0.5) is 15.8 Å². The number of fused-ring (bicyclic) bond motifs is 3. The predicted molar refractivity (Wildman–Crippen MR) is 116 cm³/mol. The topological polar surface area (TPSA) is 88.1 Å². The van der Waals surface area contributed by atoms with E-state index in [1.54, 1.807) is 26.1 Å². The van der Waals surface area contributed by atoms with E-state index >= 15 is 0 Å². The molecular formula is C21H16Cl2FN5O2. The summed E-state index contributed by atoms with van der Waals surface area (Å²) in [4.78, 5) is 40.1. The van der Waals surface area contributed by atoms with E-state index < -0.39 is 17.6 Å². The Labute approximate surface area is 187 Å². The van der Waals surface area contributed by atoms with E-state index in [0.717, 1.165) is 6.07 Å². The van der Waals surface area contributed by atoms with Crippen molar-refractivity contribution in [1.82, 2.24) is 15.0 Å². The average molecular weight is 460 g/mol. The predicted octanol–water partition coefficient (Wildman–Crippen LogP) is 4.38. The summed E-state index contributed by atoms with van der Waals surface area (Å²) >= 11 is 12.1. The number of aryl methyl sites for hydroxylation is 1. The van der Waals surface area contributed by atoms with Crippen molar-refractivity contribution in [2.24, 2.45) is 0 Å². The fourth-order valence-corrected chi connectivity index (χ4v) is 3.96. The van der Waals surface area contributed by atoms with E-state index in [1.165, 1.54) is 23.4 Å². The fourth-order valence-electron chi connectivity index (χ4n) is 3.51. The first-order valence-corrected chi connectivity index (χ1v) is 10.1. The number of anilines is 2. The molecule has 158 valence electrons. The molecule has 2 amide bonds. The van der Waals surface area contributed by atoms with Crippen molar-refractivity contribution in [3.8, 4) is 11.1 Å². The Hall–Kier alpha value is -3.10. The Balaban J connectivity index is 1.75. The highest BCUT2D eigenvalue weighted by atomic mass is 35.5. The molecule has 0 fully saturated rings. The summed E-state index contributed by atoms with van der Waals surface area (Å²) in [5, 5.41) is 2.71. The number of rotatable bonds is 3. The molecule has 0 spiro atoms. The molecule has 4 rings (SSSR count). The Morgan fingerprint density at radius 2 is 2.06 bits per heavy atom. The standard InChI is InChI=1S/C21H16Cl2FN5O2/c1-10-5-16-18(20(23)27-10)13-7-25-9-26-19(13)11(2)21(31)29(16)8-17(30)28-12-3-4-14(22)15(24)6-12/h3-7,9,11H,8H2,1-2H3,(H,28,30)/t11-/m0/s1. The lowest BCUT2D eigenvalue weighted by atomic mass is 10.00. The minimum Gasteiger partial charge on any atom is -0.324 e. The molecule has 0 bridgehead atoms. The van der Waals surface area contributed by atoms with E-state index in [4.69, 9.17) is 23.2 Å². The average Bonchev–Trinajstić information content (AvgIpc) is 2.80. The van der Waals surface area contributed by atoms with Gasteiger partial charge in [0.1, 0.15) is 23.8 Å². The van der Waals surface area contributed by atoms with Gasteiger partial charge in [-0.1, -0.05) is 23.2 Å². The SMILES string of the molecule is Cc1cc2c(c(Cl)n1)-c1cncnc1[C@H](C)C(=O)N2CC(=O)Nc1ccc(Cl)c(F)c1. The lowest BCUT2D eigenvalue weighted by Gasteiger charge is -2.24. The summed E-state index contributed by atoms with van der Waals surface area (Å²) in [6.45, 7) is 3.12. The lowest BCUT2D eigenvalue weighted by Crippen LogP contribution is -2.40. The number of pyridine rings is 1. The van der Waals surface area contributed by atoms with Crippen LogP contribution >= 0.6 is 23.2 Å². The van der Waals surface area contributed by atoms with Crippen LogP contribution in [0.15, 0.2) is 36.8 Å². The van der Waals surface area contributed by atoms with Crippen LogP contribution in [-0.2, 0) is 9.59 Å². The summed E-state index contributed by atoms with van der Waals surface area (Å²) in [7, 11) is 0. The van der Waals surface area contributed by atoms with Crippen molar-refractivity contribution in [2.45, 2.75) is 19.8 Å². The van der Waals surface area contributed by atoms with Crippen LogP contribution in [0.1, 0.15) is 24.2 Å². The Kier molecular flexibility index (Phi) is 5.60. The second kappa shape index (κ2) is 8.20. The normalized spacial score (nSPS) is 15.2. The van der Waals surface area contributed by atoms with E-state index in [2.05, 4.69) is 20.3 Å². The van der Waals surface area contributed by atoms with Gasteiger partial charge in [-0.25, -0.2) is 19.3 Å². The smallest absolute Gasteiger partial charge is 0.244 e. The molecule has 1 aliphatic rings. The first-order chi connectivity index (χ1) is 14.8. The second-order valence-electron chi connectivity index (χ2n) is 7.09. The van der Waals surface area contributed by atoms with Gasteiger partial charge in [0.05, 0.1) is 22.3 Å². The number of benzene rings is 1. The van der Waals surface area contributed by atoms with E-state index in [1.807, 2.05) is 0 Å². The van der Waals surface area contributed by atoms with Gasteiger partial charge in [-0.05, 0) is 38.1 Å². The summed E-state index contributed by atoms with van der Waals surface area (Å²) in [6.07, 6.45) is 2.93. The van der Waals surface area contributed by atoms with Gasteiger partial charge in [0.15, 0.2) is 0 Å². The highest BCUT2D eigenvalue weighted by Gasteiger charge is 2.35. The molecule has 1 atom stereocenters. The van der Waals surface area contributed by atoms with Crippen LogP contribution in [0, 0.1) is 12.7 Å². The molecule has 0 saturated heterocycles. The molecule has 0 aliphatic carbocycles. The number of hydrogen-bond acceptors (Lipinski definition) is 5. The number of nitrogens with one attached hydrogen (secondary N) is 1. The van der Waals surface area contributed by atoms with Gasteiger partial charge in [-0.3, -0.25) is 9.59 Å². The molecule has 0 radical (unpaired) electrons. The molecule has 3 aromatic rings. The molecule has 10 heteroatoms. The first-order valence-electron chi connectivity index (χ1n) is 9.30. The highest BCUT2D eigenvalue weighted by molar-refractivity contribution is 6.33. The van der Waals surface area contributed by atoms with E-state index in [9.17, 15) is 14.0 Å². The van der Waals surface area contributed by atoms with Crippen LogP contribution in [-0.4, -0.2) is 33.3 Å². The molecular weight excluding hydrogens is 444 g/mol. The summed E-state index contributed by atoms with van der Waals surface area (Å²) in [6, 6.07) is 5.60. The third-order valence-corrected chi connectivity index (χ3v) is 5.52. The van der Waals surface area contributed by atoms with Crippen molar-refractivity contribution in [1.29, 1.82) is 0 Å². The number of nitrogens with zero attached hydrogens (tertiary/aromatic N) is 4. The molecule has 3 heterocycles. The van der Waals surface area contributed by atoms with Gasteiger partial charge in [-0.2, -0.15) is 0 Å². The van der Waals surface area contributed by atoms with Gasteiger partial charge in [0.25, 0.3) is 0 Å². The van der Waals surface area contributed by atoms with Gasteiger partial charge in [0.2, 0.25) is 11.8 Å². The maximum Gasteiger partial charge on any atom is 0.244 e. The van der Waals surface area contributed by atoms with Crippen LogP contribution in [0.3, 0.4) is 0 Å². The Morgan fingerprint density at radius 1 is 1.29 bits per heavy atom. The van der Waals surface area contributed by atoms with Crippen molar-refractivity contribution in [3.63, 3.8) is 0 Å². The third-order valence-electron chi connectivity index (χ3n) is 4.94. The zero-order valence-corrected chi connectivity index (χ0v) is 18.0. The summed E-state index contributed by atoms with van der Waals surface area (Å²) in [5.74, 6) is -2.16. The van der Waals surface area contributed by atoms with Crippen LogP contribution in [0.5, 0.6) is 0 Å². The largest absolute Gasteiger partial charge is 0.324 e. The van der Waals surface area contributed by atoms with Gasteiger partial charge >= 0.3 is 0 Å². The molecule has 31 heavy (non-hydrogen) atoms. The van der Waals surface area contributed by atoms with Crippen LogP contribution in [0.25, 0.3) is 11.1 Å². The fraction of sp³-hybridized carbons (Fsp3) is 0.190. The summed E-state index contributed by atoms with van der Waals surface area (Å²) < 4.78 is 13.7. The molecule has 2 aromatic heterocycles. The van der Waals surface area contributed by atoms with Crippen LogP contribution in [0.2, 0.25) is 10.2 Å². The number of carbonyl (C=O) groups is 2. The lowest BCUT2D eigenvalue weighted by molar-refractivity contribution is -0.122. The third kappa shape index (κ3) is 3.96. The van der Waals surface area contributed by atoms with E-state index in [-0.39, 0.29) is 28.3 Å². The molecule has 1 aliphatic heterocycles. The maximum absolute atomic E-state index is 13.7. The minimum absolute atomic E-state index is 0.0556. The van der Waals surface area contributed by atoms with Crippen molar-refractivity contribution in [3.05, 3.63) is 64.2 Å². The highest BCUT2D eigenvalue weighted by Crippen LogP contribution is 2.43. The molecule has 0 saturated carbocycles. The maximum atomic E-state index is 13.7. The molecule has 1 aromatic carbocycles. The number of hydrogen-bond donors (Lipinski definition) is 1. The summed E-state index contributed by atoms with van der Waals surface area (Å²) in [5.41, 5.74) is 2.79. The number of amides is 2. The van der Waals surface area contributed by atoms with Gasteiger partial charge in [0, 0.05) is 28.7 Å². The number of carbonyl (C=O) groups excluding carboxylic acids is 2. The van der Waals surface area contributed by atoms with Crippen molar-refractivity contribution >= 4 is 46.4 Å². The van der Waals surface area contributed by atoms with Gasteiger partial charge < -0.3 is 10.2 Å². The quantitative estimate of drug-likeness (QED) is 0.587. The molecule has 7 nitrogen and oxygen atoms in total. The first kappa shape index (κ1) is 21.1. The Bertz CT molecular complexity index is 1220.